The van der Waals surface area contributed by atoms with Crippen molar-refractivity contribution in [1.82, 2.24) is 4.90 Å². The lowest BCUT2D eigenvalue weighted by Gasteiger charge is -2.41. The Balaban J connectivity index is 2.01. The second kappa shape index (κ2) is 7.32. The van der Waals surface area contributed by atoms with Gasteiger partial charge < -0.3 is 9.84 Å². The van der Waals surface area contributed by atoms with Crippen molar-refractivity contribution in [3.8, 4) is 0 Å². The molecule has 1 aliphatic rings. The van der Waals surface area contributed by atoms with Gasteiger partial charge in [0.1, 0.15) is 11.6 Å². The Labute approximate surface area is 141 Å². The molecule has 0 spiro atoms. The normalized spacial score (nSPS) is 22.0. The zero-order valence-electron chi connectivity index (χ0n) is 13.8. The van der Waals surface area contributed by atoms with E-state index < -0.39 is 11.6 Å². The van der Waals surface area contributed by atoms with Gasteiger partial charge >= 0.3 is 11.9 Å². The van der Waals surface area contributed by atoms with Gasteiger partial charge in [-0.1, -0.05) is 30.7 Å². The van der Waals surface area contributed by atoms with Crippen molar-refractivity contribution in [2.75, 3.05) is 13.1 Å². The number of benzene rings is 1. The highest BCUT2D eigenvalue weighted by Gasteiger charge is 2.41. The number of ether oxygens (including phenoxy) is 1. The smallest absolute Gasteiger partial charge is 0.334 e. The number of carbonyl (C=O) groups is 1. The number of rotatable bonds is 5. The molecule has 1 unspecified atom stereocenters. The van der Waals surface area contributed by atoms with Crippen molar-refractivity contribution in [3.05, 3.63) is 34.9 Å². The van der Waals surface area contributed by atoms with E-state index in [1.807, 2.05) is 43.9 Å². The molecule has 1 saturated heterocycles. The van der Waals surface area contributed by atoms with E-state index in [0.717, 1.165) is 12.1 Å². The standard InChI is InChI=1S/C17H23ClN2O3/c1-4-20-11-17(2,3)23-16(22)14(20)9-15(21)19-10-12-6-5-7-13(18)8-12/h5-8,14H,4,9-11H2,1-3H3,(H,19,21)/p+1. The molecule has 1 atom stereocenters. The number of hydrogen-bond acceptors (Lipinski definition) is 3. The summed E-state index contributed by atoms with van der Waals surface area (Å²) in [6.07, 6.45) is 0.212. The quantitative estimate of drug-likeness (QED) is 0.482. The number of esters is 1. The van der Waals surface area contributed by atoms with Gasteiger partial charge in [-0.3, -0.25) is 9.69 Å². The number of cyclic esters (lactones) is 1. The van der Waals surface area contributed by atoms with Gasteiger partial charge in [-0.15, -0.1) is 0 Å². The molecule has 0 amide bonds. The Hall–Kier alpha value is -1.59. The fourth-order valence-electron chi connectivity index (χ4n) is 2.77. The minimum atomic E-state index is -0.493. The molecule has 2 N–H and O–H groups in total. The van der Waals surface area contributed by atoms with E-state index >= 15 is 0 Å². The van der Waals surface area contributed by atoms with Crippen LogP contribution < -0.4 is 4.99 Å². The third-order valence-corrected chi connectivity index (χ3v) is 4.09. The number of nitrogens with one attached hydrogen (secondary N) is 1. The summed E-state index contributed by atoms with van der Waals surface area (Å²) >= 11 is 5.93. The molecule has 6 heteroatoms. The summed E-state index contributed by atoms with van der Waals surface area (Å²) in [7, 11) is 0. The Bertz CT molecular complexity index is 601. The largest absolute Gasteiger partial charge is 0.463 e. The topological polar surface area (TPSA) is 63.7 Å². The molecule has 0 radical (unpaired) electrons. The Morgan fingerprint density at radius 2 is 2.26 bits per heavy atom. The molecular weight excluding hydrogens is 316 g/mol. The first kappa shape index (κ1) is 17.8. The lowest BCUT2D eigenvalue weighted by molar-refractivity contribution is -0.485. The van der Waals surface area contributed by atoms with E-state index in [4.69, 9.17) is 16.3 Å². The predicted molar refractivity (Wildman–Crippen MR) is 89.6 cm³/mol. The molecule has 2 rings (SSSR count). The number of hydrogen-bond donors (Lipinski definition) is 2. The van der Waals surface area contributed by atoms with E-state index in [1.165, 1.54) is 0 Å². The molecule has 0 saturated carbocycles. The summed E-state index contributed by atoms with van der Waals surface area (Å²) in [4.78, 5) is 17.2. The minimum absolute atomic E-state index is 0.0741. The number of nitrogens with zero attached hydrogens (tertiary/aromatic N) is 1. The van der Waals surface area contributed by atoms with E-state index in [0.29, 0.717) is 18.1 Å². The molecule has 5 nitrogen and oxygen atoms in total. The zero-order chi connectivity index (χ0) is 17.0. The monoisotopic (exact) mass is 339 g/mol. The van der Waals surface area contributed by atoms with Crippen LogP contribution in [-0.4, -0.2) is 46.6 Å². The summed E-state index contributed by atoms with van der Waals surface area (Å²) in [5.74, 6) is -0.218. The van der Waals surface area contributed by atoms with Crippen LogP contribution in [-0.2, 0) is 16.1 Å². The summed E-state index contributed by atoms with van der Waals surface area (Å²) in [5.41, 5.74) is 0.469. The van der Waals surface area contributed by atoms with E-state index in [-0.39, 0.29) is 18.3 Å². The van der Waals surface area contributed by atoms with Gasteiger partial charge in [0, 0.05) is 17.1 Å². The molecule has 0 bridgehead atoms. The van der Waals surface area contributed by atoms with Gasteiger partial charge in [-0.2, -0.15) is 0 Å². The number of morpholine rings is 1. The maximum Gasteiger partial charge on any atom is 0.334 e. The summed E-state index contributed by atoms with van der Waals surface area (Å²) in [5, 5.41) is 10.8. The first-order valence-electron chi connectivity index (χ1n) is 7.81. The minimum Gasteiger partial charge on any atom is -0.463 e. The van der Waals surface area contributed by atoms with Crippen LogP contribution in [0, 0.1) is 0 Å². The van der Waals surface area contributed by atoms with Crippen molar-refractivity contribution < 1.29 is 19.6 Å². The van der Waals surface area contributed by atoms with E-state index in [2.05, 4.69) is 4.99 Å². The molecular formula is C17H24ClN2O3+. The Kier molecular flexibility index (Phi) is 5.65. The van der Waals surface area contributed by atoms with Crippen LogP contribution >= 0.6 is 11.6 Å². The van der Waals surface area contributed by atoms with Gasteiger partial charge in [0.05, 0.1) is 6.42 Å². The number of aliphatic hydroxyl groups excluding tert-OH is 1. The van der Waals surface area contributed by atoms with Crippen LogP contribution in [0.25, 0.3) is 0 Å². The summed E-state index contributed by atoms with van der Waals surface area (Å²) in [6, 6.07) is 6.95. The van der Waals surface area contributed by atoms with Gasteiger partial charge in [0.2, 0.25) is 0 Å². The first-order chi connectivity index (χ1) is 10.8. The fraction of sp³-hybridized carbons (Fsp3) is 0.529. The van der Waals surface area contributed by atoms with Crippen LogP contribution in [0.4, 0.5) is 0 Å². The fourth-order valence-corrected chi connectivity index (χ4v) is 2.98. The van der Waals surface area contributed by atoms with Crippen LogP contribution in [0.2, 0.25) is 5.02 Å². The molecule has 126 valence electrons. The van der Waals surface area contributed by atoms with Crippen molar-refractivity contribution in [3.63, 3.8) is 0 Å². The van der Waals surface area contributed by atoms with Crippen molar-refractivity contribution in [1.29, 1.82) is 0 Å². The average molecular weight is 340 g/mol. The molecule has 1 fully saturated rings. The third kappa shape index (κ3) is 4.94. The summed E-state index contributed by atoms with van der Waals surface area (Å²) in [6.45, 7) is 7.62. The predicted octanol–water partition coefficient (Wildman–Crippen LogP) is 1.29. The second-order valence-corrected chi connectivity index (χ2v) is 6.83. The molecule has 1 aromatic carbocycles. The molecule has 1 aromatic rings. The van der Waals surface area contributed by atoms with E-state index in [1.54, 1.807) is 6.07 Å². The number of halogens is 1. The van der Waals surface area contributed by atoms with Crippen LogP contribution in [0.5, 0.6) is 0 Å². The maximum atomic E-state index is 12.2. The molecule has 0 aromatic heterocycles. The average Bonchev–Trinajstić information content (AvgIpc) is 2.47. The SMILES string of the molecule is CCN1CC(C)(C)OC(=O)C1CC(O)=[NH+]Cc1cccc(Cl)c1. The van der Waals surface area contributed by atoms with Crippen molar-refractivity contribution >= 4 is 23.5 Å². The molecule has 1 aliphatic heterocycles. The Morgan fingerprint density at radius 1 is 1.52 bits per heavy atom. The highest BCUT2D eigenvalue weighted by atomic mass is 35.5. The molecule has 1 heterocycles. The third-order valence-electron chi connectivity index (χ3n) is 3.85. The van der Waals surface area contributed by atoms with Crippen LogP contribution in [0.1, 0.15) is 32.8 Å². The lowest BCUT2D eigenvalue weighted by atomic mass is 10.0. The Morgan fingerprint density at radius 3 is 2.91 bits per heavy atom. The summed E-state index contributed by atoms with van der Waals surface area (Å²) < 4.78 is 5.45. The highest BCUT2D eigenvalue weighted by molar-refractivity contribution is 6.30. The number of aliphatic hydroxyl groups is 1. The van der Waals surface area contributed by atoms with Crippen molar-refractivity contribution in [2.45, 2.75) is 45.4 Å². The molecule has 0 aliphatic carbocycles. The van der Waals surface area contributed by atoms with Gasteiger partial charge in [0.25, 0.3) is 0 Å². The van der Waals surface area contributed by atoms with Crippen LogP contribution in [0.3, 0.4) is 0 Å². The molecule has 23 heavy (non-hydrogen) atoms. The van der Waals surface area contributed by atoms with Gasteiger partial charge in [-0.05, 0) is 32.5 Å². The highest BCUT2D eigenvalue weighted by Crippen LogP contribution is 2.23. The van der Waals surface area contributed by atoms with Crippen LogP contribution in [0.15, 0.2) is 24.3 Å². The lowest BCUT2D eigenvalue weighted by Crippen LogP contribution is -2.72. The zero-order valence-corrected chi connectivity index (χ0v) is 14.6. The first-order valence-corrected chi connectivity index (χ1v) is 8.18. The van der Waals surface area contributed by atoms with Crippen molar-refractivity contribution in [2.24, 2.45) is 0 Å². The van der Waals surface area contributed by atoms with E-state index in [9.17, 15) is 9.90 Å². The number of likely N-dealkylation sites (N-methyl/N-ethyl adjacent to an activating group) is 1. The maximum absolute atomic E-state index is 12.2. The van der Waals surface area contributed by atoms with Gasteiger partial charge in [-0.25, -0.2) is 4.99 Å². The second-order valence-electron chi connectivity index (χ2n) is 6.39. The number of carbonyl (C=O) groups excluding carboxylic acids is 1. The van der Waals surface area contributed by atoms with Gasteiger partial charge in [0.15, 0.2) is 6.54 Å².